The molecule has 2 N–H and O–H groups in total. The minimum atomic E-state index is -0.277. The summed E-state index contributed by atoms with van der Waals surface area (Å²) in [6, 6.07) is 8.23. The molecule has 0 aliphatic carbocycles. The van der Waals surface area contributed by atoms with E-state index < -0.39 is 0 Å². The molecule has 1 amide bonds. The molecule has 2 aromatic rings. The molecule has 30 heavy (non-hydrogen) atoms. The van der Waals surface area contributed by atoms with Crippen LogP contribution in [0, 0.1) is 17.7 Å². The zero-order valence-electron chi connectivity index (χ0n) is 17.5. The molecule has 0 saturated carbocycles. The molecule has 0 bridgehead atoms. The molecule has 4 rings (SSSR count). The van der Waals surface area contributed by atoms with Crippen LogP contribution in [0.5, 0.6) is 0 Å². The van der Waals surface area contributed by atoms with Gasteiger partial charge in [0.2, 0.25) is 5.91 Å². The SMILES string of the molecule is CCc1cc(-c2ccc(F)cc2)nn1CC(=O)N1CC=C2N=C(N)C(C)CC2CC1. The minimum Gasteiger partial charge on any atom is -0.387 e. The first-order valence-corrected chi connectivity index (χ1v) is 10.6. The maximum Gasteiger partial charge on any atom is 0.244 e. The van der Waals surface area contributed by atoms with Gasteiger partial charge in [-0.05, 0) is 55.7 Å². The molecule has 0 radical (unpaired) electrons. The number of carbonyl (C=O) groups is 1. The first-order valence-electron chi connectivity index (χ1n) is 10.6. The van der Waals surface area contributed by atoms with E-state index in [0.717, 1.165) is 41.9 Å². The average Bonchev–Trinajstić information content (AvgIpc) is 3.02. The number of halogens is 1. The Balaban J connectivity index is 1.48. The van der Waals surface area contributed by atoms with Gasteiger partial charge in [-0.2, -0.15) is 5.10 Å². The van der Waals surface area contributed by atoms with Crippen LogP contribution in [0.3, 0.4) is 0 Å². The molecule has 158 valence electrons. The van der Waals surface area contributed by atoms with Crippen LogP contribution in [0.2, 0.25) is 0 Å². The van der Waals surface area contributed by atoms with E-state index in [1.54, 1.807) is 16.8 Å². The lowest BCUT2D eigenvalue weighted by atomic mass is 9.87. The Morgan fingerprint density at radius 2 is 2.07 bits per heavy atom. The van der Waals surface area contributed by atoms with Gasteiger partial charge < -0.3 is 10.6 Å². The second-order valence-electron chi connectivity index (χ2n) is 8.17. The van der Waals surface area contributed by atoms with E-state index in [1.807, 2.05) is 24.0 Å². The van der Waals surface area contributed by atoms with Crippen molar-refractivity contribution in [2.75, 3.05) is 13.1 Å². The maximum absolute atomic E-state index is 13.2. The smallest absolute Gasteiger partial charge is 0.244 e. The lowest BCUT2D eigenvalue weighted by Gasteiger charge is -2.26. The summed E-state index contributed by atoms with van der Waals surface area (Å²) in [5.41, 5.74) is 9.61. The number of fused-ring (bicyclic) bond motifs is 1. The number of hydrogen-bond acceptors (Lipinski definition) is 4. The standard InChI is InChI=1S/C23H28FN5O/c1-3-19-13-21(16-4-6-18(24)7-5-16)27-29(19)14-22(30)28-10-8-17-12-15(2)23(25)26-20(17)9-11-28/h4-7,9,13,15,17H,3,8,10-12,14H2,1-2H3,(H2,25,26). The molecule has 2 aliphatic rings. The summed E-state index contributed by atoms with van der Waals surface area (Å²) in [5, 5.41) is 4.62. The van der Waals surface area contributed by atoms with E-state index in [4.69, 9.17) is 5.73 Å². The Kier molecular flexibility index (Phi) is 5.70. The highest BCUT2D eigenvalue weighted by Gasteiger charge is 2.28. The van der Waals surface area contributed by atoms with Crippen molar-refractivity contribution in [3.63, 3.8) is 0 Å². The third-order valence-electron chi connectivity index (χ3n) is 6.09. The summed E-state index contributed by atoms with van der Waals surface area (Å²) < 4.78 is 15.0. The van der Waals surface area contributed by atoms with Gasteiger partial charge in [-0.1, -0.05) is 13.8 Å². The van der Waals surface area contributed by atoms with Gasteiger partial charge in [-0.3, -0.25) is 9.48 Å². The van der Waals surface area contributed by atoms with Crippen LogP contribution in [0.25, 0.3) is 11.3 Å². The van der Waals surface area contributed by atoms with Crippen LogP contribution in [-0.4, -0.2) is 39.5 Å². The average molecular weight is 410 g/mol. The van der Waals surface area contributed by atoms with E-state index in [1.165, 1.54) is 12.1 Å². The molecule has 0 fully saturated rings. The lowest BCUT2D eigenvalue weighted by molar-refractivity contribution is -0.131. The number of hydrogen-bond donors (Lipinski definition) is 1. The minimum absolute atomic E-state index is 0.0407. The summed E-state index contributed by atoms with van der Waals surface area (Å²) in [5.74, 6) is 1.11. The fourth-order valence-corrected chi connectivity index (χ4v) is 4.20. The number of benzene rings is 1. The Bertz CT molecular complexity index is 992. The molecule has 6 nitrogen and oxygen atoms in total. The quantitative estimate of drug-likeness (QED) is 0.841. The molecule has 7 heteroatoms. The van der Waals surface area contributed by atoms with Crippen LogP contribution < -0.4 is 5.73 Å². The van der Waals surface area contributed by atoms with E-state index in [0.29, 0.717) is 24.8 Å². The fraction of sp³-hybridized carbons (Fsp3) is 0.435. The topological polar surface area (TPSA) is 76.5 Å². The normalized spacial score (nSPS) is 21.5. The number of nitrogens with two attached hydrogens (primary N) is 1. The van der Waals surface area contributed by atoms with Crippen LogP contribution in [0.1, 0.15) is 32.4 Å². The van der Waals surface area contributed by atoms with Crippen LogP contribution in [-0.2, 0) is 17.8 Å². The van der Waals surface area contributed by atoms with Crippen molar-refractivity contribution in [1.29, 1.82) is 0 Å². The van der Waals surface area contributed by atoms with Gasteiger partial charge >= 0.3 is 0 Å². The molecule has 0 spiro atoms. The molecule has 1 aromatic heterocycles. The number of aryl methyl sites for hydroxylation is 1. The monoisotopic (exact) mass is 409 g/mol. The summed E-state index contributed by atoms with van der Waals surface area (Å²) >= 11 is 0. The van der Waals surface area contributed by atoms with Crippen molar-refractivity contribution in [3.8, 4) is 11.3 Å². The van der Waals surface area contributed by atoms with Crippen LogP contribution in [0.15, 0.2) is 47.1 Å². The molecule has 1 aromatic carbocycles. The first kappa shape index (κ1) is 20.3. The zero-order valence-corrected chi connectivity index (χ0v) is 17.5. The number of rotatable bonds is 4. The second-order valence-corrected chi connectivity index (χ2v) is 8.17. The number of aromatic nitrogens is 2. The number of carbonyl (C=O) groups excluding carboxylic acids is 1. The predicted molar refractivity (Wildman–Crippen MR) is 115 cm³/mol. The van der Waals surface area contributed by atoms with Crippen molar-refractivity contribution in [2.45, 2.75) is 39.7 Å². The molecule has 2 unspecified atom stereocenters. The van der Waals surface area contributed by atoms with E-state index in [9.17, 15) is 9.18 Å². The highest BCUT2D eigenvalue weighted by Crippen LogP contribution is 2.31. The van der Waals surface area contributed by atoms with Crippen molar-refractivity contribution < 1.29 is 9.18 Å². The van der Waals surface area contributed by atoms with Gasteiger partial charge in [0.25, 0.3) is 0 Å². The van der Waals surface area contributed by atoms with E-state index in [2.05, 4.69) is 17.0 Å². The highest BCUT2D eigenvalue weighted by molar-refractivity contribution is 5.84. The molecule has 3 heterocycles. The van der Waals surface area contributed by atoms with Crippen molar-refractivity contribution in [1.82, 2.24) is 14.7 Å². The number of amidine groups is 1. The molecule has 2 atom stereocenters. The van der Waals surface area contributed by atoms with Gasteiger partial charge in [0.15, 0.2) is 0 Å². The fourth-order valence-electron chi connectivity index (χ4n) is 4.20. The Labute approximate surface area is 176 Å². The summed E-state index contributed by atoms with van der Waals surface area (Å²) in [4.78, 5) is 19.5. The van der Waals surface area contributed by atoms with Gasteiger partial charge in [-0.15, -0.1) is 0 Å². The molecule has 0 saturated heterocycles. The summed E-state index contributed by atoms with van der Waals surface area (Å²) in [6.07, 6.45) is 4.70. The summed E-state index contributed by atoms with van der Waals surface area (Å²) in [7, 11) is 0. The Morgan fingerprint density at radius 3 is 2.80 bits per heavy atom. The molecule has 2 aliphatic heterocycles. The molecular weight excluding hydrogens is 381 g/mol. The van der Waals surface area contributed by atoms with Crippen LogP contribution in [0.4, 0.5) is 4.39 Å². The van der Waals surface area contributed by atoms with Gasteiger partial charge in [0, 0.05) is 41.9 Å². The second kappa shape index (κ2) is 8.42. The van der Waals surface area contributed by atoms with Gasteiger partial charge in [-0.25, -0.2) is 9.38 Å². The number of nitrogens with zero attached hydrogens (tertiary/aromatic N) is 4. The van der Waals surface area contributed by atoms with Crippen molar-refractivity contribution in [2.24, 2.45) is 22.6 Å². The molecular formula is C23H28FN5O. The van der Waals surface area contributed by atoms with Crippen molar-refractivity contribution >= 4 is 11.7 Å². The third kappa shape index (κ3) is 4.15. The number of allylic oxidation sites excluding steroid dienone is 1. The van der Waals surface area contributed by atoms with Gasteiger partial charge in [0.05, 0.1) is 5.69 Å². The maximum atomic E-state index is 13.2. The predicted octanol–water partition coefficient (Wildman–Crippen LogP) is 3.38. The number of amides is 1. The van der Waals surface area contributed by atoms with Crippen molar-refractivity contribution in [3.05, 3.63) is 53.6 Å². The third-order valence-corrected chi connectivity index (χ3v) is 6.09. The Hall–Kier alpha value is -2.96. The first-order chi connectivity index (χ1) is 14.4. The zero-order chi connectivity index (χ0) is 21.3. The van der Waals surface area contributed by atoms with Gasteiger partial charge in [0.1, 0.15) is 18.2 Å². The van der Waals surface area contributed by atoms with E-state index >= 15 is 0 Å². The number of aliphatic imine (C=N–C) groups is 1. The van der Waals surface area contributed by atoms with Crippen LogP contribution >= 0.6 is 0 Å². The highest BCUT2D eigenvalue weighted by atomic mass is 19.1. The summed E-state index contributed by atoms with van der Waals surface area (Å²) in [6.45, 7) is 5.59. The van der Waals surface area contributed by atoms with E-state index in [-0.39, 0.29) is 24.2 Å². The lowest BCUT2D eigenvalue weighted by Crippen LogP contribution is -2.35. The Morgan fingerprint density at radius 1 is 1.30 bits per heavy atom. The largest absolute Gasteiger partial charge is 0.387 e.